The van der Waals surface area contributed by atoms with Crippen LogP contribution in [-0.4, -0.2) is 39.0 Å². The number of benzene rings is 2. The second-order valence-electron chi connectivity index (χ2n) is 9.11. The minimum atomic E-state index is -3.03. The summed E-state index contributed by atoms with van der Waals surface area (Å²) in [6, 6.07) is 9.68. The highest BCUT2D eigenvalue weighted by atomic mass is 35.5. The Bertz CT molecular complexity index is 1310. The molecule has 0 bridgehead atoms. The van der Waals surface area contributed by atoms with Crippen LogP contribution in [0.2, 0.25) is 10.0 Å². The molecule has 0 radical (unpaired) electrons. The fraction of sp³-hybridized carbons (Fsp3) is 0.357. The first kappa shape index (κ1) is 32.0. The molecule has 1 saturated carbocycles. The summed E-state index contributed by atoms with van der Waals surface area (Å²) < 4.78 is 52.9. The van der Waals surface area contributed by atoms with Gasteiger partial charge < -0.3 is 34.5 Å². The van der Waals surface area contributed by atoms with Gasteiger partial charge in [0.05, 0.1) is 20.8 Å². The lowest BCUT2D eigenvalue weighted by Gasteiger charge is -2.21. The molecule has 1 heterocycles. The number of amides is 1. The van der Waals surface area contributed by atoms with E-state index in [1.807, 2.05) is 0 Å². The number of aromatic amines is 1. The summed E-state index contributed by atoms with van der Waals surface area (Å²) in [4.78, 5) is 15.8. The molecule has 1 fully saturated rings. The molecule has 1 amide bonds. The third-order valence-electron chi connectivity index (χ3n) is 6.25. The molecule has 2 aromatic carbocycles. The van der Waals surface area contributed by atoms with E-state index in [2.05, 4.69) is 15.0 Å². The van der Waals surface area contributed by atoms with Crippen LogP contribution in [0.4, 0.5) is 13.6 Å². The maximum atomic E-state index is 13.0. The Balaban J connectivity index is 0.00000462. The molecule has 1 aromatic heterocycles. The van der Waals surface area contributed by atoms with Gasteiger partial charge in [0, 0.05) is 18.5 Å². The van der Waals surface area contributed by atoms with Gasteiger partial charge in [-0.25, -0.2) is 9.78 Å². The largest absolute Gasteiger partial charge is 0.870 e. The van der Waals surface area contributed by atoms with Crippen LogP contribution in [0, 0.1) is 5.92 Å². The summed E-state index contributed by atoms with van der Waals surface area (Å²) in [5.41, 5.74) is 1.77. The number of methoxy groups -OCH3 is 2. The summed E-state index contributed by atoms with van der Waals surface area (Å²) in [7, 11) is 3.05. The van der Waals surface area contributed by atoms with Crippen molar-refractivity contribution < 1.29 is 47.7 Å². The fourth-order valence-electron chi connectivity index (χ4n) is 3.94. The number of carbonyl (C=O) groups excluding carboxylic acids is 1. The molecule has 222 valence electrons. The number of H-pyrrole nitrogens is 1. The summed E-state index contributed by atoms with van der Waals surface area (Å²) in [5, 5.41) is 3.40. The van der Waals surface area contributed by atoms with Gasteiger partial charge in [0.2, 0.25) is 0 Å². The van der Waals surface area contributed by atoms with E-state index in [-0.39, 0.29) is 29.9 Å². The Labute approximate surface area is 245 Å². The predicted molar refractivity (Wildman–Crippen MR) is 146 cm³/mol. The molecular formula is C28H30Cl2F2N2O7. The normalized spacial score (nSPS) is 13.1. The number of ether oxygens (including phenoxy) is 5. The lowest BCUT2D eigenvalue weighted by atomic mass is 10.0. The van der Waals surface area contributed by atoms with E-state index >= 15 is 0 Å². The SMILES string of the molecule is COc1ccc(CNC(=O)O[C@@H](Cc2c(Cl)c[nH+]cc2Cl)c2ccc(OC(F)F)c(OCC3CC3)c2)cc1OC.[OH-]. The number of rotatable bonds is 13. The molecule has 0 unspecified atom stereocenters. The molecule has 0 saturated heterocycles. The van der Waals surface area contributed by atoms with E-state index in [9.17, 15) is 13.6 Å². The Kier molecular flexibility index (Phi) is 11.6. The molecule has 13 heteroatoms. The van der Waals surface area contributed by atoms with Crippen LogP contribution >= 0.6 is 23.2 Å². The monoisotopic (exact) mass is 614 g/mol. The molecule has 0 spiro atoms. The molecule has 3 aromatic rings. The number of nitrogens with one attached hydrogen (secondary N) is 2. The van der Waals surface area contributed by atoms with Gasteiger partial charge in [0.25, 0.3) is 0 Å². The molecule has 1 atom stereocenters. The number of hydrogen-bond donors (Lipinski definition) is 1. The average molecular weight is 615 g/mol. The zero-order valence-electron chi connectivity index (χ0n) is 22.3. The standard InChI is InChI=1S/C28H28Cl2F2N2O6.H2O/c1-36-22-7-5-17(9-25(22)37-2)12-34-28(35)40-24(11-19-20(29)13-33-14-21(19)30)18-6-8-23(39-27(31)32)26(10-18)38-15-16-3-4-16;/h5-10,13-14,16,24,27H,3-4,11-12,15H2,1-2H3,(H,34,35);1H2/t24-;/m0./s1. The first-order chi connectivity index (χ1) is 19.3. The van der Waals surface area contributed by atoms with Crippen molar-refractivity contribution in [2.75, 3.05) is 20.8 Å². The van der Waals surface area contributed by atoms with Crippen LogP contribution in [-0.2, 0) is 17.7 Å². The number of halogens is 4. The fourth-order valence-corrected chi connectivity index (χ4v) is 4.48. The van der Waals surface area contributed by atoms with E-state index in [4.69, 9.17) is 42.1 Å². The Morgan fingerprint density at radius 1 is 1.00 bits per heavy atom. The van der Waals surface area contributed by atoms with Crippen LogP contribution in [0.25, 0.3) is 0 Å². The zero-order valence-corrected chi connectivity index (χ0v) is 23.8. The highest BCUT2D eigenvalue weighted by Gasteiger charge is 2.26. The van der Waals surface area contributed by atoms with Gasteiger partial charge in [-0.15, -0.1) is 0 Å². The first-order valence-electron chi connectivity index (χ1n) is 12.5. The summed E-state index contributed by atoms with van der Waals surface area (Å²) in [6.45, 7) is -2.52. The van der Waals surface area contributed by atoms with E-state index in [1.165, 1.54) is 32.4 Å². The van der Waals surface area contributed by atoms with Crippen molar-refractivity contribution in [2.24, 2.45) is 5.92 Å². The van der Waals surface area contributed by atoms with Gasteiger partial charge in [-0.1, -0.05) is 35.3 Å². The van der Waals surface area contributed by atoms with E-state index < -0.39 is 18.8 Å². The minimum absolute atomic E-state index is 0. The van der Waals surface area contributed by atoms with Gasteiger partial charge in [-0.3, -0.25) is 0 Å². The molecule has 1 aliphatic rings. The molecule has 0 aliphatic heterocycles. The van der Waals surface area contributed by atoms with Gasteiger partial charge in [-0.05, 0) is 54.2 Å². The van der Waals surface area contributed by atoms with E-state index in [1.54, 1.807) is 30.6 Å². The summed E-state index contributed by atoms with van der Waals surface area (Å²) >= 11 is 12.8. The van der Waals surface area contributed by atoms with Crippen molar-refractivity contribution in [3.63, 3.8) is 0 Å². The third kappa shape index (κ3) is 8.97. The zero-order chi connectivity index (χ0) is 28.6. The molecule has 1 aliphatic carbocycles. The Morgan fingerprint density at radius 3 is 2.32 bits per heavy atom. The molecule has 4 rings (SSSR count). The highest BCUT2D eigenvalue weighted by Crippen LogP contribution is 2.37. The lowest BCUT2D eigenvalue weighted by molar-refractivity contribution is -0.377. The van der Waals surface area contributed by atoms with Crippen LogP contribution in [0.5, 0.6) is 23.0 Å². The molecule has 9 nitrogen and oxygen atoms in total. The van der Waals surface area contributed by atoms with Crippen molar-refractivity contribution in [3.05, 3.63) is 75.5 Å². The number of pyridine rings is 1. The number of alkyl halides is 2. The molecular weight excluding hydrogens is 585 g/mol. The van der Waals surface area contributed by atoms with E-state index in [0.29, 0.717) is 45.2 Å². The summed E-state index contributed by atoms with van der Waals surface area (Å²) in [6.07, 6.45) is 3.63. The van der Waals surface area contributed by atoms with Gasteiger partial charge >= 0.3 is 12.7 Å². The maximum Gasteiger partial charge on any atom is 0.408 e. The highest BCUT2D eigenvalue weighted by molar-refractivity contribution is 6.35. The Morgan fingerprint density at radius 2 is 1.68 bits per heavy atom. The van der Waals surface area contributed by atoms with Gasteiger partial charge in [0.1, 0.15) is 16.1 Å². The second-order valence-corrected chi connectivity index (χ2v) is 9.92. The van der Waals surface area contributed by atoms with Crippen molar-refractivity contribution >= 4 is 29.3 Å². The smallest absolute Gasteiger partial charge is 0.408 e. The molecule has 41 heavy (non-hydrogen) atoms. The van der Waals surface area contributed by atoms with E-state index in [0.717, 1.165) is 18.4 Å². The number of aromatic nitrogens is 1. The minimum Gasteiger partial charge on any atom is -0.870 e. The molecule has 3 N–H and O–H groups in total. The summed E-state index contributed by atoms with van der Waals surface area (Å²) in [5.74, 6) is 1.46. The lowest BCUT2D eigenvalue weighted by Crippen LogP contribution is -2.26. The number of hydrogen-bond acceptors (Lipinski definition) is 7. The predicted octanol–water partition coefficient (Wildman–Crippen LogP) is 6.25. The second kappa shape index (κ2) is 14.9. The topological polar surface area (TPSA) is 119 Å². The number of carbonyl (C=O) groups is 1. The maximum absolute atomic E-state index is 13.0. The van der Waals surface area contributed by atoms with Crippen molar-refractivity contribution in [1.82, 2.24) is 5.32 Å². The van der Waals surface area contributed by atoms with Gasteiger partial charge in [-0.2, -0.15) is 8.78 Å². The van der Waals surface area contributed by atoms with Crippen LogP contribution in [0.1, 0.15) is 35.6 Å². The quantitative estimate of drug-likeness (QED) is 0.242. The first-order valence-corrected chi connectivity index (χ1v) is 13.2. The third-order valence-corrected chi connectivity index (χ3v) is 6.92. The van der Waals surface area contributed by atoms with Crippen LogP contribution in [0.3, 0.4) is 0 Å². The van der Waals surface area contributed by atoms with Crippen LogP contribution in [0.15, 0.2) is 48.8 Å². The van der Waals surface area contributed by atoms with Crippen LogP contribution < -0.4 is 29.2 Å². The van der Waals surface area contributed by atoms with Crippen molar-refractivity contribution in [1.29, 1.82) is 0 Å². The van der Waals surface area contributed by atoms with Gasteiger partial charge in [0.15, 0.2) is 35.4 Å². The average Bonchev–Trinajstić information content (AvgIpc) is 3.77. The Hall–Kier alpha value is -3.54. The number of alkyl carbamates (subject to hydrolysis) is 1. The van der Waals surface area contributed by atoms with Crippen molar-refractivity contribution in [2.45, 2.75) is 38.5 Å². The van der Waals surface area contributed by atoms with Crippen molar-refractivity contribution in [3.8, 4) is 23.0 Å².